The van der Waals surface area contributed by atoms with E-state index >= 15 is 0 Å². The van der Waals surface area contributed by atoms with E-state index in [0.717, 1.165) is 17.5 Å². The maximum absolute atomic E-state index is 13.1. The average Bonchev–Trinajstić information content (AvgIpc) is 2.81. The van der Waals surface area contributed by atoms with Gasteiger partial charge in [0.15, 0.2) is 0 Å². The lowest BCUT2D eigenvalue weighted by molar-refractivity contribution is -0.134. The Labute approximate surface area is 157 Å². The Bertz CT molecular complexity index is 858. The SMILES string of the molecule is CC1(C)Cc2ccccc2C1(N)c1ccc(F)cc1.O=C(O)/C=C/C(=O)O. The lowest BCUT2D eigenvalue weighted by Gasteiger charge is -2.39. The van der Waals surface area contributed by atoms with Crippen LogP contribution in [0.5, 0.6) is 0 Å². The van der Waals surface area contributed by atoms with Crippen molar-refractivity contribution in [1.82, 2.24) is 0 Å². The van der Waals surface area contributed by atoms with Crippen LogP contribution in [0.2, 0.25) is 0 Å². The molecule has 1 atom stereocenters. The van der Waals surface area contributed by atoms with Gasteiger partial charge >= 0.3 is 11.9 Å². The first-order valence-corrected chi connectivity index (χ1v) is 8.35. The predicted octanol–water partition coefficient (Wildman–Crippen LogP) is 3.32. The molecule has 0 saturated heterocycles. The minimum absolute atomic E-state index is 0.0888. The Morgan fingerprint density at radius 2 is 1.52 bits per heavy atom. The summed E-state index contributed by atoms with van der Waals surface area (Å²) in [5.41, 5.74) is 9.58. The number of benzene rings is 2. The Morgan fingerprint density at radius 3 is 2.04 bits per heavy atom. The van der Waals surface area contributed by atoms with E-state index in [1.54, 1.807) is 12.1 Å². The average molecular weight is 371 g/mol. The molecule has 3 rings (SSSR count). The summed E-state index contributed by atoms with van der Waals surface area (Å²) < 4.78 is 13.1. The Balaban J connectivity index is 0.000000279. The molecule has 0 spiro atoms. The molecule has 2 aromatic carbocycles. The zero-order valence-corrected chi connectivity index (χ0v) is 15.1. The molecule has 1 aliphatic rings. The summed E-state index contributed by atoms with van der Waals surface area (Å²) in [4.78, 5) is 19.1. The molecule has 1 unspecified atom stereocenters. The van der Waals surface area contributed by atoms with Crippen LogP contribution in [0.1, 0.15) is 30.5 Å². The second-order valence-electron chi connectivity index (χ2n) is 7.04. The van der Waals surface area contributed by atoms with Gasteiger partial charge in [-0.3, -0.25) is 0 Å². The van der Waals surface area contributed by atoms with Gasteiger partial charge in [-0.05, 0) is 40.7 Å². The van der Waals surface area contributed by atoms with Crippen molar-refractivity contribution in [2.75, 3.05) is 0 Å². The lowest BCUT2D eigenvalue weighted by Crippen LogP contribution is -2.47. The fourth-order valence-electron chi connectivity index (χ4n) is 3.44. The predicted molar refractivity (Wildman–Crippen MR) is 99.7 cm³/mol. The maximum atomic E-state index is 13.1. The van der Waals surface area contributed by atoms with Crippen molar-refractivity contribution >= 4 is 11.9 Å². The van der Waals surface area contributed by atoms with Crippen molar-refractivity contribution in [3.8, 4) is 0 Å². The van der Waals surface area contributed by atoms with Crippen molar-refractivity contribution in [2.24, 2.45) is 11.1 Å². The summed E-state index contributed by atoms with van der Waals surface area (Å²) in [5, 5.41) is 15.6. The molecule has 0 heterocycles. The second kappa shape index (κ2) is 7.72. The highest BCUT2D eigenvalue weighted by Gasteiger charge is 2.50. The van der Waals surface area contributed by atoms with Gasteiger partial charge in [0.1, 0.15) is 5.82 Å². The van der Waals surface area contributed by atoms with Gasteiger partial charge in [0.25, 0.3) is 0 Å². The van der Waals surface area contributed by atoms with Gasteiger partial charge in [-0.25, -0.2) is 14.0 Å². The van der Waals surface area contributed by atoms with E-state index < -0.39 is 17.5 Å². The molecule has 2 aromatic rings. The Kier molecular flexibility index (Phi) is 5.81. The molecular formula is C21H22FNO4. The van der Waals surface area contributed by atoms with Gasteiger partial charge in [0, 0.05) is 12.2 Å². The fraction of sp³-hybridized carbons (Fsp3) is 0.238. The van der Waals surface area contributed by atoms with E-state index in [4.69, 9.17) is 15.9 Å². The van der Waals surface area contributed by atoms with Gasteiger partial charge in [-0.2, -0.15) is 0 Å². The first-order valence-electron chi connectivity index (χ1n) is 8.35. The molecule has 5 nitrogen and oxygen atoms in total. The smallest absolute Gasteiger partial charge is 0.328 e. The maximum Gasteiger partial charge on any atom is 0.328 e. The molecule has 0 radical (unpaired) electrons. The molecule has 6 heteroatoms. The van der Waals surface area contributed by atoms with Crippen LogP contribution >= 0.6 is 0 Å². The number of carboxylic acid groups (broad SMARTS) is 2. The van der Waals surface area contributed by atoms with Crippen LogP contribution in [-0.2, 0) is 21.5 Å². The first-order chi connectivity index (χ1) is 12.6. The number of hydrogen-bond acceptors (Lipinski definition) is 3. The summed E-state index contributed by atoms with van der Waals surface area (Å²) >= 11 is 0. The molecule has 0 aliphatic heterocycles. The number of carboxylic acids is 2. The van der Waals surface area contributed by atoms with Crippen LogP contribution in [0.4, 0.5) is 4.39 Å². The van der Waals surface area contributed by atoms with Gasteiger partial charge in [-0.1, -0.05) is 50.2 Å². The summed E-state index contributed by atoms with van der Waals surface area (Å²) in [6.07, 6.45) is 2.06. The largest absolute Gasteiger partial charge is 0.478 e. The second-order valence-corrected chi connectivity index (χ2v) is 7.04. The van der Waals surface area contributed by atoms with E-state index in [9.17, 15) is 14.0 Å². The quantitative estimate of drug-likeness (QED) is 0.719. The van der Waals surface area contributed by atoms with Crippen molar-refractivity contribution in [3.63, 3.8) is 0 Å². The molecule has 1 aliphatic carbocycles. The zero-order valence-electron chi connectivity index (χ0n) is 15.1. The van der Waals surface area contributed by atoms with Crippen LogP contribution in [0.15, 0.2) is 60.7 Å². The van der Waals surface area contributed by atoms with Crippen LogP contribution in [0, 0.1) is 11.2 Å². The van der Waals surface area contributed by atoms with Crippen LogP contribution < -0.4 is 5.73 Å². The molecule has 0 amide bonds. The normalized spacial score (nSPS) is 19.9. The third-order valence-corrected chi connectivity index (χ3v) is 4.81. The van der Waals surface area contributed by atoms with Gasteiger partial charge in [0.2, 0.25) is 0 Å². The summed E-state index contributed by atoms with van der Waals surface area (Å²) in [5.74, 6) is -2.74. The third kappa shape index (κ3) is 4.23. The molecule has 0 aromatic heterocycles. The number of fused-ring (bicyclic) bond motifs is 1. The first kappa shape index (κ1) is 20.3. The van der Waals surface area contributed by atoms with Crippen LogP contribution in [0.3, 0.4) is 0 Å². The van der Waals surface area contributed by atoms with Gasteiger partial charge < -0.3 is 15.9 Å². The topological polar surface area (TPSA) is 101 Å². The highest BCUT2D eigenvalue weighted by molar-refractivity contribution is 5.89. The summed E-state index contributed by atoms with van der Waals surface area (Å²) in [7, 11) is 0. The third-order valence-electron chi connectivity index (χ3n) is 4.81. The standard InChI is InChI=1S/C17H18FN.C4H4O4/c1-16(2)11-12-5-3-4-6-15(12)17(16,19)13-7-9-14(18)10-8-13;5-3(6)1-2-4(7)8/h3-10H,11,19H2,1-2H3;1-2H,(H,5,6)(H,7,8)/b;2-1+. The van der Waals surface area contributed by atoms with Crippen molar-refractivity contribution < 1.29 is 24.2 Å². The minimum Gasteiger partial charge on any atom is -0.478 e. The van der Waals surface area contributed by atoms with E-state index in [1.807, 2.05) is 12.1 Å². The van der Waals surface area contributed by atoms with Crippen LogP contribution in [0.25, 0.3) is 0 Å². The van der Waals surface area contributed by atoms with Crippen molar-refractivity contribution in [1.29, 1.82) is 0 Å². The fourth-order valence-corrected chi connectivity index (χ4v) is 3.44. The number of nitrogens with two attached hydrogens (primary N) is 1. The van der Waals surface area contributed by atoms with Crippen molar-refractivity contribution in [3.05, 3.63) is 83.2 Å². The van der Waals surface area contributed by atoms with Gasteiger partial charge in [0.05, 0.1) is 5.54 Å². The van der Waals surface area contributed by atoms with Crippen molar-refractivity contribution in [2.45, 2.75) is 25.8 Å². The molecular weight excluding hydrogens is 349 g/mol. The molecule has 0 fully saturated rings. The summed E-state index contributed by atoms with van der Waals surface area (Å²) in [6, 6.07) is 14.9. The number of carbonyl (C=O) groups is 2. The Morgan fingerprint density at radius 1 is 1.00 bits per heavy atom. The molecule has 27 heavy (non-hydrogen) atoms. The number of hydrogen-bond donors (Lipinski definition) is 3. The zero-order chi connectivity index (χ0) is 20.2. The molecule has 0 bridgehead atoms. The van der Waals surface area contributed by atoms with Crippen LogP contribution in [-0.4, -0.2) is 22.2 Å². The van der Waals surface area contributed by atoms with Gasteiger partial charge in [-0.15, -0.1) is 0 Å². The highest BCUT2D eigenvalue weighted by Crippen LogP contribution is 2.51. The van der Waals surface area contributed by atoms with E-state index in [1.165, 1.54) is 17.7 Å². The monoisotopic (exact) mass is 371 g/mol. The molecule has 4 N–H and O–H groups in total. The Hall–Kier alpha value is -2.99. The number of aliphatic carboxylic acids is 2. The minimum atomic E-state index is -1.26. The highest BCUT2D eigenvalue weighted by atomic mass is 19.1. The van der Waals surface area contributed by atoms with E-state index in [-0.39, 0.29) is 11.2 Å². The summed E-state index contributed by atoms with van der Waals surface area (Å²) in [6.45, 7) is 4.35. The van der Waals surface area contributed by atoms with E-state index in [2.05, 4.69) is 26.0 Å². The molecule has 142 valence electrons. The lowest BCUT2D eigenvalue weighted by atomic mass is 9.69. The molecule has 0 saturated carbocycles. The number of halogens is 1. The van der Waals surface area contributed by atoms with E-state index in [0.29, 0.717) is 12.2 Å². The number of rotatable bonds is 3.